The first-order valence-electron chi connectivity index (χ1n) is 5.04. The van der Waals surface area contributed by atoms with Gasteiger partial charge >= 0.3 is 0 Å². The van der Waals surface area contributed by atoms with Gasteiger partial charge in [0.2, 0.25) is 0 Å². The van der Waals surface area contributed by atoms with Gasteiger partial charge in [-0.15, -0.1) is 34.3 Å². The molecule has 2 heterocycles. The Kier molecular flexibility index (Phi) is 3.84. The quantitative estimate of drug-likeness (QED) is 0.683. The Bertz CT molecular complexity index is 403. The lowest BCUT2D eigenvalue weighted by molar-refractivity contribution is 0.935. The molecule has 0 radical (unpaired) electrons. The van der Waals surface area contributed by atoms with Gasteiger partial charge in [0, 0.05) is 16.2 Å². The normalized spacial score (nSPS) is 12.9. The van der Waals surface area contributed by atoms with Crippen molar-refractivity contribution in [2.75, 3.05) is 0 Å². The van der Waals surface area contributed by atoms with Crippen LogP contribution in [0.15, 0.2) is 29.0 Å². The molecule has 0 fully saturated rings. The maximum absolute atomic E-state index is 6.44. The number of aryl methyl sites for hydroxylation is 1. The van der Waals surface area contributed by atoms with Crippen LogP contribution in [0.4, 0.5) is 0 Å². The lowest BCUT2D eigenvalue weighted by atomic mass is 10.1. The molecule has 80 valence electrons. The first kappa shape index (κ1) is 11.2. The molecule has 0 N–H and O–H groups in total. The van der Waals surface area contributed by atoms with E-state index in [1.807, 2.05) is 0 Å². The molecular formula is C12H13ClS2. The van der Waals surface area contributed by atoms with E-state index in [-0.39, 0.29) is 5.38 Å². The molecule has 0 amide bonds. The van der Waals surface area contributed by atoms with Crippen molar-refractivity contribution in [1.29, 1.82) is 0 Å². The average Bonchev–Trinajstić information content (AvgIpc) is 2.86. The van der Waals surface area contributed by atoms with Gasteiger partial charge in [0.1, 0.15) is 0 Å². The molecule has 2 aromatic heterocycles. The summed E-state index contributed by atoms with van der Waals surface area (Å²) in [5, 5.41) is 4.38. The average molecular weight is 257 g/mol. The third-order valence-corrected chi connectivity index (χ3v) is 4.88. The Morgan fingerprint density at radius 1 is 1.27 bits per heavy atom. The summed E-state index contributed by atoms with van der Waals surface area (Å²) in [5.74, 6) is 0. The predicted molar refractivity (Wildman–Crippen MR) is 70.3 cm³/mol. The maximum Gasteiger partial charge on any atom is 0.0729 e. The van der Waals surface area contributed by atoms with E-state index in [1.165, 1.54) is 15.3 Å². The fourth-order valence-corrected chi connectivity index (χ4v) is 3.89. The van der Waals surface area contributed by atoms with Crippen LogP contribution in [0.1, 0.15) is 27.6 Å². The van der Waals surface area contributed by atoms with E-state index in [0.717, 1.165) is 12.8 Å². The van der Waals surface area contributed by atoms with Gasteiger partial charge in [-0.1, -0.05) is 13.0 Å². The molecular weight excluding hydrogens is 244 g/mol. The third-order valence-electron chi connectivity index (χ3n) is 2.41. The Labute approximate surface area is 104 Å². The van der Waals surface area contributed by atoms with E-state index in [2.05, 4.69) is 35.9 Å². The van der Waals surface area contributed by atoms with Crippen LogP contribution in [0.2, 0.25) is 0 Å². The molecule has 1 atom stereocenters. The van der Waals surface area contributed by atoms with Gasteiger partial charge in [0.25, 0.3) is 0 Å². The highest BCUT2D eigenvalue weighted by molar-refractivity contribution is 7.10. The van der Waals surface area contributed by atoms with Crippen molar-refractivity contribution in [3.05, 3.63) is 44.3 Å². The van der Waals surface area contributed by atoms with Crippen LogP contribution < -0.4 is 0 Å². The summed E-state index contributed by atoms with van der Waals surface area (Å²) in [4.78, 5) is 2.71. The Hall–Kier alpha value is -0.310. The topological polar surface area (TPSA) is 0 Å². The molecule has 15 heavy (non-hydrogen) atoms. The van der Waals surface area contributed by atoms with Crippen molar-refractivity contribution >= 4 is 34.3 Å². The van der Waals surface area contributed by atoms with Crippen LogP contribution in [0, 0.1) is 0 Å². The highest BCUT2D eigenvalue weighted by atomic mass is 35.5. The fourth-order valence-electron chi connectivity index (χ4n) is 1.61. The predicted octanol–water partition coefficient (Wildman–Crippen LogP) is 4.89. The van der Waals surface area contributed by atoms with E-state index in [1.54, 1.807) is 22.7 Å². The van der Waals surface area contributed by atoms with Crippen molar-refractivity contribution in [3.63, 3.8) is 0 Å². The fraction of sp³-hybridized carbons (Fsp3) is 0.333. The van der Waals surface area contributed by atoms with Gasteiger partial charge in [-0.25, -0.2) is 0 Å². The van der Waals surface area contributed by atoms with Crippen LogP contribution >= 0.6 is 34.3 Å². The summed E-state index contributed by atoms with van der Waals surface area (Å²) < 4.78 is 0. The van der Waals surface area contributed by atoms with Crippen molar-refractivity contribution in [1.82, 2.24) is 0 Å². The molecule has 3 heteroatoms. The molecule has 0 saturated carbocycles. The van der Waals surface area contributed by atoms with Crippen molar-refractivity contribution in [3.8, 4) is 0 Å². The SMILES string of the molecule is CCc1ccsc1C(Cl)Cc1cccs1. The summed E-state index contributed by atoms with van der Waals surface area (Å²) in [7, 11) is 0. The Balaban J connectivity index is 2.11. The number of halogens is 1. The molecule has 0 aliphatic heterocycles. The zero-order valence-corrected chi connectivity index (χ0v) is 11.0. The molecule has 0 aliphatic rings. The monoisotopic (exact) mass is 256 g/mol. The van der Waals surface area contributed by atoms with Crippen LogP contribution in [0.25, 0.3) is 0 Å². The highest BCUT2D eigenvalue weighted by Crippen LogP contribution is 2.33. The van der Waals surface area contributed by atoms with Crippen LogP contribution in [-0.4, -0.2) is 0 Å². The molecule has 0 nitrogen and oxygen atoms in total. The van der Waals surface area contributed by atoms with E-state index in [9.17, 15) is 0 Å². The number of hydrogen-bond acceptors (Lipinski definition) is 2. The summed E-state index contributed by atoms with van der Waals surface area (Å²) in [6, 6.07) is 6.42. The van der Waals surface area contributed by atoms with Gasteiger partial charge in [0.15, 0.2) is 0 Å². The Morgan fingerprint density at radius 3 is 2.80 bits per heavy atom. The number of alkyl halides is 1. The summed E-state index contributed by atoms with van der Waals surface area (Å²) in [5.41, 5.74) is 1.40. The molecule has 2 rings (SSSR count). The maximum atomic E-state index is 6.44. The van der Waals surface area contributed by atoms with Gasteiger partial charge in [-0.3, -0.25) is 0 Å². The van der Waals surface area contributed by atoms with Crippen LogP contribution in [0.3, 0.4) is 0 Å². The highest BCUT2D eigenvalue weighted by Gasteiger charge is 2.14. The largest absolute Gasteiger partial charge is 0.149 e. The number of rotatable bonds is 4. The first-order chi connectivity index (χ1) is 7.31. The van der Waals surface area contributed by atoms with Crippen LogP contribution in [0.5, 0.6) is 0 Å². The molecule has 0 aliphatic carbocycles. The molecule has 0 aromatic carbocycles. The lowest BCUT2D eigenvalue weighted by Crippen LogP contribution is -1.94. The number of thiophene rings is 2. The van der Waals surface area contributed by atoms with E-state index in [4.69, 9.17) is 11.6 Å². The second-order valence-corrected chi connectivity index (χ2v) is 5.92. The van der Waals surface area contributed by atoms with Gasteiger partial charge in [-0.2, -0.15) is 0 Å². The van der Waals surface area contributed by atoms with Gasteiger partial charge < -0.3 is 0 Å². The minimum Gasteiger partial charge on any atom is -0.149 e. The third kappa shape index (κ3) is 2.63. The molecule has 0 saturated heterocycles. The van der Waals surface area contributed by atoms with E-state index in [0.29, 0.717) is 0 Å². The zero-order valence-electron chi connectivity index (χ0n) is 8.57. The van der Waals surface area contributed by atoms with Crippen molar-refractivity contribution in [2.45, 2.75) is 25.1 Å². The minimum absolute atomic E-state index is 0.138. The summed E-state index contributed by atoms with van der Waals surface area (Å²) in [6.45, 7) is 2.18. The van der Waals surface area contributed by atoms with Crippen molar-refractivity contribution in [2.24, 2.45) is 0 Å². The second kappa shape index (κ2) is 5.15. The lowest BCUT2D eigenvalue weighted by Gasteiger charge is -2.08. The van der Waals surface area contributed by atoms with Crippen LogP contribution in [-0.2, 0) is 12.8 Å². The molecule has 0 spiro atoms. The smallest absolute Gasteiger partial charge is 0.0729 e. The standard InChI is InChI=1S/C12H13ClS2/c1-2-9-5-7-15-12(9)11(13)8-10-4-3-6-14-10/h3-7,11H,2,8H2,1H3. The molecule has 1 unspecified atom stereocenters. The van der Waals surface area contributed by atoms with Gasteiger partial charge in [-0.05, 0) is 34.9 Å². The zero-order chi connectivity index (χ0) is 10.7. The second-order valence-electron chi connectivity index (χ2n) is 3.41. The number of hydrogen-bond donors (Lipinski definition) is 0. The van der Waals surface area contributed by atoms with E-state index >= 15 is 0 Å². The van der Waals surface area contributed by atoms with E-state index < -0.39 is 0 Å². The molecule has 0 bridgehead atoms. The molecule has 2 aromatic rings. The minimum atomic E-state index is 0.138. The van der Waals surface area contributed by atoms with Gasteiger partial charge in [0.05, 0.1) is 5.38 Å². The summed E-state index contributed by atoms with van der Waals surface area (Å²) >= 11 is 10.00. The van der Waals surface area contributed by atoms with Crippen molar-refractivity contribution < 1.29 is 0 Å². The Morgan fingerprint density at radius 2 is 2.13 bits per heavy atom. The summed E-state index contributed by atoms with van der Waals surface area (Å²) in [6.07, 6.45) is 2.03. The first-order valence-corrected chi connectivity index (χ1v) is 7.23.